The van der Waals surface area contributed by atoms with E-state index in [2.05, 4.69) is 14.7 Å². The summed E-state index contributed by atoms with van der Waals surface area (Å²) in [6, 6.07) is 6.67. The predicted molar refractivity (Wildman–Crippen MR) is 92.7 cm³/mol. The summed E-state index contributed by atoms with van der Waals surface area (Å²) in [5.41, 5.74) is 1.07. The van der Waals surface area contributed by atoms with Crippen molar-refractivity contribution in [3.63, 3.8) is 0 Å². The standard InChI is InChI=1S/C15H20N4O3S2/c16-24(20,21)13-5-3-11(4-6-13)2-1-8-17-15-18-14(19-23-15)12-7-9-22-10-12/h3-6,12H,1-2,7-10H2,(H2,16,20,21)(H,17,18,19). The van der Waals surface area contributed by atoms with Crippen LogP contribution in [-0.4, -0.2) is 37.5 Å². The second-order valence-electron chi connectivity index (χ2n) is 5.74. The van der Waals surface area contributed by atoms with Crippen molar-refractivity contribution in [1.82, 2.24) is 9.36 Å². The Hall–Kier alpha value is -1.55. The number of hydrogen-bond donors (Lipinski definition) is 2. The van der Waals surface area contributed by atoms with Crippen LogP contribution in [0.5, 0.6) is 0 Å². The lowest BCUT2D eigenvalue weighted by molar-refractivity contribution is 0.193. The number of aryl methyl sites for hydroxylation is 1. The van der Waals surface area contributed by atoms with Crippen LogP contribution in [0.3, 0.4) is 0 Å². The molecule has 0 amide bonds. The number of ether oxygens (including phenoxy) is 1. The number of sulfonamides is 1. The summed E-state index contributed by atoms with van der Waals surface area (Å²) >= 11 is 1.38. The third-order valence-electron chi connectivity index (χ3n) is 3.91. The third-order valence-corrected chi connectivity index (χ3v) is 5.52. The minimum absolute atomic E-state index is 0.140. The largest absolute Gasteiger partial charge is 0.381 e. The average Bonchev–Trinajstić information content (AvgIpc) is 3.22. The average molecular weight is 368 g/mol. The molecule has 1 aromatic carbocycles. The summed E-state index contributed by atoms with van der Waals surface area (Å²) in [5, 5.41) is 9.20. The number of hydrogen-bond acceptors (Lipinski definition) is 7. The fraction of sp³-hybridized carbons (Fsp3) is 0.467. The maximum atomic E-state index is 11.2. The van der Waals surface area contributed by atoms with Crippen LogP contribution in [0.25, 0.3) is 0 Å². The molecule has 3 rings (SSSR count). The van der Waals surface area contributed by atoms with E-state index in [1.165, 1.54) is 11.5 Å². The van der Waals surface area contributed by atoms with Gasteiger partial charge in [0.1, 0.15) is 5.82 Å². The van der Waals surface area contributed by atoms with Gasteiger partial charge in [-0.2, -0.15) is 4.37 Å². The summed E-state index contributed by atoms with van der Waals surface area (Å²) in [6.45, 7) is 2.29. The summed E-state index contributed by atoms with van der Waals surface area (Å²) in [5.74, 6) is 1.20. The van der Waals surface area contributed by atoms with Crippen molar-refractivity contribution in [1.29, 1.82) is 0 Å². The smallest absolute Gasteiger partial charge is 0.238 e. The van der Waals surface area contributed by atoms with Gasteiger partial charge in [-0.25, -0.2) is 18.5 Å². The number of nitrogens with one attached hydrogen (secondary N) is 1. The Morgan fingerprint density at radius 3 is 2.79 bits per heavy atom. The van der Waals surface area contributed by atoms with Crippen LogP contribution in [0.4, 0.5) is 5.13 Å². The lowest BCUT2D eigenvalue weighted by Gasteiger charge is -2.04. The van der Waals surface area contributed by atoms with Gasteiger partial charge in [-0.3, -0.25) is 0 Å². The minimum atomic E-state index is -3.62. The molecule has 1 fully saturated rings. The lowest BCUT2D eigenvalue weighted by atomic mass is 10.1. The van der Waals surface area contributed by atoms with E-state index in [-0.39, 0.29) is 4.90 Å². The van der Waals surface area contributed by atoms with Crippen molar-refractivity contribution in [2.24, 2.45) is 5.14 Å². The molecule has 9 heteroatoms. The van der Waals surface area contributed by atoms with Crippen molar-refractivity contribution >= 4 is 26.7 Å². The molecule has 24 heavy (non-hydrogen) atoms. The van der Waals surface area contributed by atoms with Gasteiger partial charge in [-0.15, -0.1) is 0 Å². The van der Waals surface area contributed by atoms with Crippen LogP contribution in [0.15, 0.2) is 29.2 Å². The maximum Gasteiger partial charge on any atom is 0.238 e. The first-order chi connectivity index (χ1) is 11.5. The molecule has 1 aliphatic rings. The van der Waals surface area contributed by atoms with Gasteiger partial charge < -0.3 is 10.1 Å². The monoisotopic (exact) mass is 368 g/mol. The highest BCUT2D eigenvalue weighted by Gasteiger charge is 2.21. The Morgan fingerprint density at radius 1 is 1.33 bits per heavy atom. The SMILES string of the molecule is NS(=O)(=O)c1ccc(CCCNc2nc(C3CCOC3)ns2)cc1. The van der Waals surface area contributed by atoms with E-state index in [9.17, 15) is 8.42 Å². The summed E-state index contributed by atoms with van der Waals surface area (Å²) in [6.07, 6.45) is 2.75. The van der Waals surface area contributed by atoms with E-state index in [0.717, 1.165) is 48.9 Å². The zero-order valence-electron chi connectivity index (χ0n) is 13.1. The predicted octanol–water partition coefficient (Wildman–Crippen LogP) is 1.73. The van der Waals surface area contributed by atoms with Crippen molar-refractivity contribution in [3.8, 4) is 0 Å². The first-order valence-electron chi connectivity index (χ1n) is 7.79. The zero-order chi connectivity index (χ0) is 17.0. The van der Waals surface area contributed by atoms with Crippen LogP contribution in [0, 0.1) is 0 Å². The molecule has 0 radical (unpaired) electrons. The molecule has 3 N–H and O–H groups in total. The van der Waals surface area contributed by atoms with Crippen LogP contribution in [0.2, 0.25) is 0 Å². The number of anilines is 1. The first kappa shape index (κ1) is 17.3. The van der Waals surface area contributed by atoms with Crippen molar-refractivity contribution in [2.75, 3.05) is 25.1 Å². The second kappa shape index (κ2) is 7.56. The number of primary sulfonamides is 1. The van der Waals surface area contributed by atoms with Gasteiger partial charge in [0.15, 0.2) is 0 Å². The van der Waals surface area contributed by atoms with Crippen molar-refractivity contribution < 1.29 is 13.2 Å². The molecule has 0 bridgehead atoms. The molecule has 0 aliphatic carbocycles. The molecule has 1 aromatic heterocycles. The van der Waals surface area contributed by atoms with Gasteiger partial charge in [0, 0.05) is 30.6 Å². The molecular weight excluding hydrogens is 348 g/mol. The van der Waals surface area contributed by atoms with Crippen LogP contribution in [-0.2, 0) is 21.2 Å². The fourth-order valence-electron chi connectivity index (χ4n) is 2.54. The molecule has 2 heterocycles. The fourth-order valence-corrected chi connectivity index (χ4v) is 3.73. The Labute approximate surface area is 145 Å². The maximum absolute atomic E-state index is 11.2. The van der Waals surface area contributed by atoms with Crippen molar-refractivity contribution in [3.05, 3.63) is 35.7 Å². The highest BCUT2D eigenvalue weighted by Crippen LogP contribution is 2.25. The quantitative estimate of drug-likeness (QED) is 0.721. The Kier molecular flexibility index (Phi) is 5.44. The molecule has 0 spiro atoms. The molecule has 1 aliphatic heterocycles. The molecule has 0 saturated carbocycles. The number of nitrogens with two attached hydrogens (primary N) is 1. The Morgan fingerprint density at radius 2 is 2.12 bits per heavy atom. The molecule has 130 valence electrons. The van der Waals surface area contributed by atoms with Crippen LogP contribution in [0.1, 0.15) is 30.1 Å². The number of benzene rings is 1. The van der Waals surface area contributed by atoms with E-state index in [0.29, 0.717) is 12.5 Å². The van der Waals surface area contributed by atoms with Gasteiger partial charge in [-0.05, 0) is 37.0 Å². The number of rotatable bonds is 7. The van der Waals surface area contributed by atoms with Crippen LogP contribution < -0.4 is 10.5 Å². The second-order valence-corrected chi connectivity index (χ2v) is 8.05. The summed E-state index contributed by atoms with van der Waals surface area (Å²) in [7, 11) is -3.62. The third kappa shape index (κ3) is 4.50. The normalized spacial score (nSPS) is 18.0. The van der Waals surface area contributed by atoms with E-state index in [4.69, 9.17) is 9.88 Å². The molecular formula is C15H20N4O3S2. The van der Waals surface area contributed by atoms with Crippen molar-refractivity contribution in [2.45, 2.75) is 30.1 Å². The van der Waals surface area contributed by atoms with E-state index >= 15 is 0 Å². The lowest BCUT2D eigenvalue weighted by Crippen LogP contribution is -2.12. The van der Waals surface area contributed by atoms with Gasteiger partial charge in [0.05, 0.1) is 11.5 Å². The van der Waals surface area contributed by atoms with Gasteiger partial charge in [0.2, 0.25) is 15.2 Å². The van der Waals surface area contributed by atoms with E-state index in [1.807, 2.05) is 0 Å². The molecule has 1 unspecified atom stereocenters. The topological polar surface area (TPSA) is 107 Å². The van der Waals surface area contributed by atoms with Gasteiger partial charge in [-0.1, -0.05) is 12.1 Å². The van der Waals surface area contributed by atoms with E-state index in [1.54, 1.807) is 24.3 Å². The molecule has 2 aromatic rings. The first-order valence-corrected chi connectivity index (χ1v) is 10.1. The molecule has 1 atom stereocenters. The summed E-state index contributed by atoms with van der Waals surface area (Å²) < 4.78 is 32.2. The molecule has 1 saturated heterocycles. The highest BCUT2D eigenvalue weighted by molar-refractivity contribution is 7.89. The van der Waals surface area contributed by atoms with Gasteiger partial charge in [0.25, 0.3) is 0 Å². The Balaban J connectivity index is 1.44. The Bertz CT molecular complexity index is 768. The van der Waals surface area contributed by atoms with Gasteiger partial charge >= 0.3 is 0 Å². The summed E-state index contributed by atoms with van der Waals surface area (Å²) in [4.78, 5) is 4.65. The minimum Gasteiger partial charge on any atom is -0.381 e. The van der Waals surface area contributed by atoms with Crippen LogP contribution >= 0.6 is 11.5 Å². The number of aromatic nitrogens is 2. The highest BCUT2D eigenvalue weighted by atomic mass is 32.2. The zero-order valence-corrected chi connectivity index (χ0v) is 14.8. The molecule has 7 nitrogen and oxygen atoms in total. The number of nitrogens with zero attached hydrogens (tertiary/aromatic N) is 2. The van der Waals surface area contributed by atoms with E-state index < -0.39 is 10.0 Å².